The first-order valence-electron chi connectivity index (χ1n) is 5.73. The van der Waals surface area contributed by atoms with Gasteiger partial charge >= 0.3 is 35.9 Å². The van der Waals surface area contributed by atoms with Gasteiger partial charge in [-0.15, -0.1) is 0 Å². The summed E-state index contributed by atoms with van der Waals surface area (Å²) in [4.78, 5) is 11.3. The summed E-state index contributed by atoms with van der Waals surface area (Å²) in [5, 5.41) is 0. The molecule has 0 atom stereocenters. The Hall–Kier alpha value is 0.573. The van der Waals surface area contributed by atoms with Crippen molar-refractivity contribution < 1.29 is 25.9 Å². The van der Waals surface area contributed by atoms with Gasteiger partial charge in [0.05, 0.1) is 0 Å². The number of halogens is 1. The van der Waals surface area contributed by atoms with Gasteiger partial charge < -0.3 is 11.7 Å². The van der Waals surface area contributed by atoms with Crippen LogP contribution < -0.4 is 0 Å². The molecule has 0 aromatic carbocycles. The van der Waals surface area contributed by atoms with Crippen molar-refractivity contribution in [2.45, 2.75) is 64.9 Å². The van der Waals surface area contributed by atoms with Crippen molar-refractivity contribution in [3.8, 4) is 0 Å². The second-order valence-electron chi connectivity index (χ2n) is 4.60. The summed E-state index contributed by atoms with van der Waals surface area (Å²) < 4.78 is 5.19. The number of unbranched alkanes of at least 4 members (excludes halogenated alkanes) is 4. The van der Waals surface area contributed by atoms with E-state index in [1.54, 1.807) is 0 Å². The molecule has 0 radical (unpaired) electrons. The maximum atomic E-state index is 11.3. The van der Waals surface area contributed by atoms with Gasteiger partial charge in [-0.05, 0) is 27.2 Å². The zero-order valence-corrected chi connectivity index (χ0v) is 15.4. The Morgan fingerprint density at radius 1 is 1.19 bits per heavy atom. The molecule has 0 heterocycles. The SMILES string of the molecule is [CH2-]CCCCCCC(=O)OC(C)(C)C.[Zn+][Br]. The zero-order valence-electron chi connectivity index (χ0n) is 10.9. The molecular weight excluding hydrogens is 321 g/mol. The van der Waals surface area contributed by atoms with Crippen LogP contribution in [-0.2, 0) is 25.9 Å². The first-order valence-corrected chi connectivity index (χ1v) is 12.7. The van der Waals surface area contributed by atoms with Crippen molar-refractivity contribution in [2.75, 3.05) is 0 Å². The van der Waals surface area contributed by atoms with Crippen molar-refractivity contribution in [3.05, 3.63) is 6.92 Å². The van der Waals surface area contributed by atoms with E-state index in [-0.39, 0.29) is 11.6 Å². The Labute approximate surface area is 117 Å². The number of carbonyl (C=O) groups excluding carboxylic acids is 1. The molecule has 0 aromatic heterocycles. The first kappa shape index (κ1) is 18.9. The molecule has 0 aliphatic rings. The number of hydrogen-bond donors (Lipinski definition) is 0. The van der Waals surface area contributed by atoms with Crippen LogP contribution in [0.25, 0.3) is 0 Å². The van der Waals surface area contributed by atoms with Crippen LogP contribution in [-0.4, -0.2) is 11.6 Å². The van der Waals surface area contributed by atoms with E-state index >= 15 is 0 Å². The second-order valence-corrected chi connectivity index (χ2v) is 4.60. The molecule has 0 spiro atoms. The summed E-state index contributed by atoms with van der Waals surface area (Å²) >= 11 is 4.25. The average molecular weight is 345 g/mol. The van der Waals surface area contributed by atoms with E-state index in [1.165, 1.54) is 22.8 Å². The van der Waals surface area contributed by atoms with Gasteiger partial charge in [-0.25, -0.2) is 0 Å². The molecule has 0 bridgehead atoms. The summed E-state index contributed by atoms with van der Waals surface area (Å²) in [5.74, 6) is -0.0767. The first-order chi connectivity index (χ1) is 7.45. The number of esters is 1. The summed E-state index contributed by atoms with van der Waals surface area (Å²) in [7, 11) is 0. The Bertz CT molecular complexity index is 167. The molecule has 16 heavy (non-hydrogen) atoms. The molecule has 2 nitrogen and oxygen atoms in total. The normalized spacial score (nSPS) is 10.4. The van der Waals surface area contributed by atoms with Gasteiger partial charge in [-0.1, -0.05) is 19.3 Å². The van der Waals surface area contributed by atoms with E-state index in [2.05, 4.69) is 20.5 Å². The van der Waals surface area contributed by atoms with Gasteiger partial charge in [0, 0.05) is 6.42 Å². The summed E-state index contributed by atoms with van der Waals surface area (Å²) in [5.41, 5.74) is -0.343. The van der Waals surface area contributed by atoms with E-state index < -0.39 is 0 Å². The quantitative estimate of drug-likeness (QED) is 0.310. The van der Waals surface area contributed by atoms with Crippen LogP contribution in [0.4, 0.5) is 0 Å². The van der Waals surface area contributed by atoms with E-state index in [4.69, 9.17) is 4.74 Å². The van der Waals surface area contributed by atoms with Crippen molar-refractivity contribution in [1.82, 2.24) is 0 Å². The standard InChI is InChI=1S/C12H23O2.BrH.Zn/c1-5-6-7-8-9-10-11(13)14-12(2,3)4;;/h1,5-10H2,2-4H3;1H;/q-1;;+2/p-1. The summed E-state index contributed by atoms with van der Waals surface area (Å²) in [6.45, 7) is 9.46. The number of ether oxygens (including phenoxy) is 1. The second kappa shape index (κ2) is 12.0. The number of rotatable bonds is 6. The summed E-state index contributed by atoms with van der Waals surface area (Å²) in [6, 6.07) is 0. The topological polar surface area (TPSA) is 26.3 Å². The van der Waals surface area contributed by atoms with Crippen molar-refractivity contribution in [3.63, 3.8) is 0 Å². The van der Waals surface area contributed by atoms with Gasteiger partial charge in [0.1, 0.15) is 5.60 Å². The zero-order chi connectivity index (χ0) is 13.0. The average Bonchev–Trinajstić information content (AvgIpc) is 2.18. The maximum absolute atomic E-state index is 11.3. The Balaban J connectivity index is 0. The van der Waals surface area contributed by atoms with E-state index in [1.807, 2.05) is 20.8 Å². The van der Waals surface area contributed by atoms with Crippen molar-refractivity contribution in [2.24, 2.45) is 0 Å². The number of hydrogen-bond acceptors (Lipinski definition) is 2. The van der Waals surface area contributed by atoms with Crippen molar-refractivity contribution in [1.29, 1.82) is 0 Å². The minimum absolute atomic E-state index is 0.0767. The molecule has 0 amide bonds. The van der Waals surface area contributed by atoms with Crippen LogP contribution in [0.5, 0.6) is 0 Å². The van der Waals surface area contributed by atoms with Gasteiger partial charge in [0.2, 0.25) is 0 Å². The molecule has 0 saturated carbocycles. The predicted molar refractivity (Wildman–Crippen MR) is 67.8 cm³/mol. The Kier molecular flexibility index (Phi) is 14.2. The van der Waals surface area contributed by atoms with Gasteiger partial charge in [0.25, 0.3) is 0 Å². The van der Waals surface area contributed by atoms with Crippen LogP contribution in [0, 0.1) is 6.92 Å². The summed E-state index contributed by atoms with van der Waals surface area (Å²) in [6.07, 6.45) is 5.92. The molecule has 92 valence electrons. The van der Waals surface area contributed by atoms with E-state index in [9.17, 15) is 4.79 Å². The molecule has 0 rings (SSSR count). The molecule has 0 aromatic rings. The fourth-order valence-corrected chi connectivity index (χ4v) is 1.19. The molecule has 4 heteroatoms. The van der Waals surface area contributed by atoms with Crippen LogP contribution in [0.3, 0.4) is 0 Å². The van der Waals surface area contributed by atoms with Gasteiger partial charge in [-0.2, -0.15) is 6.42 Å². The molecule has 0 fully saturated rings. The third-order valence-electron chi connectivity index (χ3n) is 1.80. The Morgan fingerprint density at radius 2 is 1.69 bits per heavy atom. The van der Waals surface area contributed by atoms with E-state index in [0.717, 1.165) is 25.7 Å². The fourth-order valence-electron chi connectivity index (χ4n) is 1.19. The molecule has 0 saturated heterocycles. The molecule has 0 unspecified atom stereocenters. The van der Waals surface area contributed by atoms with Crippen LogP contribution in [0.2, 0.25) is 0 Å². The van der Waals surface area contributed by atoms with E-state index in [0.29, 0.717) is 6.42 Å². The third kappa shape index (κ3) is 17.0. The molecule has 0 N–H and O–H groups in total. The van der Waals surface area contributed by atoms with Crippen molar-refractivity contribution >= 4 is 19.6 Å². The Morgan fingerprint density at radius 3 is 2.12 bits per heavy atom. The van der Waals surface area contributed by atoms with Crippen LogP contribution in [0.15, 0.2) is 0 Å². The molecule has 0 aliphatic heterocycles. The minimum atomic E-state index is -0.343. The number of carbonyl (C=O) groups is 1. The van der Waals surface area contributed by atoms with Crippen LogP contribution in [0.1, 0.15) is 59.3 Å². The van der Waals surface area contributed by atoms with Crippen LogP contribution >= 0.6 is 13.6 Å². The predicted octanol–water partition coefficient (Wildman–Crippen LogP) is 4.35. The third-order valence-corrected chi connectivity index (χ3v) is 1.80. The molecular formula is C12H23BrO2Zn. The molecule has 0 aliphatic carbocycles. The monoisotopic (exact) mass is 342 g/mol. The van der Waals surface area contributed by atoms with Gasteiger partial charge in [-0.3, -0.25) is 4.79 Å². The van der Waals surface area contributed by atoms with Gasteiger partial charge in [0.15, 0.2) is 0 Å². The fraction of sp³-hybridized carbons (Fsp3) is 0.833.